The second kappa shape index (κ2) is 6.91. The topological polar surface area (TPSA) is 69.4 Å². The van der Waals surface area contributed by atoms with Crippen LogP contribution in [0.1, 0.15) is 37.4 Å². The lowest BCUT2D eigenvalue weighted by Gasteiger charge is -2.14. The fourth-order valence-electron chi connectivity index (χ4n) is 1.75. The number of hydrogen-bond acceptors (Lipinski definition) is 4. The van der Waals surface area contributed by atoms with Crippen LogP contribution in [0.5, 0.6) is 5.75 Å². The van der Waals surface area contributed by atoms with E-state index in [0.717, 1.165) is 16.9 Å². The quantitative estimate of drug-likeness (QED) is 0.780. The maximum absolute atomic E-state index is 11.4. The molecule has 0 aromatic heterocycles. The maximum atomic E-state index is 11.4. The summed E-state index contributed by atoms with van der Waals surface area (Å²) in [6.45, 7) is 5.94. The van der Waals surface area contributed by atoms with Crippen LogP contribution >= 0.6 is 0 Å². The van der Waals surface area contributed by atoms with E-state index in [9.17, 15) is 8.42 Å². The van der Waals surface area contributed by atoms with Gasteiger partial charge in [-0.1, -0.05) is 19.1 Å². The van der Waals surface area contributed by atoms with Crippen molar-refractivity contribution in [1.82, 2.24) is 0 Å². The highest BCUT2D eigenvalue weighted by Gasteiger charge is 2.10. The van der Waals surface area contributed by atoms with E-state index in [-0.39, 0.29) is 17.5 Å². The van der Waals surface area contributed by atoms with E-state index < -0.39 is 9.84 Å². The molecule has 1 rings (SSSR count). The molecule has 1 unspecified atom stereocenters. The van der Waals surface area contributed by atoms with Crippen LogP contribution in [-0.2, 0) is 9.84 Å². The average Bonchev–Trinajstić information content (AvgIpc) is 2.34. The molecule has 0 aliphatic carbocycles. The third-order valence-corrected chi connectivity index (χ3v) is 4.75. The van der Waals surface area contributed by atoms with Crippen molar-refractivity contribution in [2.75, 3.05) is 18.1 Å². The van der Waals surface area contributed by atoms with Crippen molar-refractivity contribution >= 4 is 9.84 Å². The van der Waals surface area contributed by atoms with Gasteiger partial charge in [0.1, 0.15) is 15.6 Å². The van der Waals surface area contributed by atoms with Gasteiger partial charge in [0.05, 0.1) is 12.4 Å². The molecular weight excluding hydrogens is 262 g/mol. The predicted molar refractivity (Wildman–Crippen MR) is 78.2 cm³/mol. The normalized spacial score (nSPS) is 13.3. The molecule has 2 N–H and O–H groups in total. The lowest BCUT2D eigenvalue weighted by atomic mass is 10.1. The van der Waals surface area contributed by atoms with Crippen molar-refractivity contribution in [2.24, 2.45) is 5.73 Å². The fourth-order valence-corrected chi connectivity index (χ4v) is 2.59. The van der Waals surface area contributed by atoms with Crippen molar-refractivity contribution in [2.45, 2.75) is 33.2 Å². The summed E-state index contributed by atoms with van der Waals surface area (Å²) in [4.78, 5) is 0. The Morgan fingerprint density at radius 2 is 2.05 bits per heavy atom. The van der Waals surface area contributed by atoms with E-state index in [0.29, 0.717) is 13.0 Å². The first kappa shape index (κ1) is 16.0. The summed E-state index contributed by atoms with van der Waals surface area (Å²) >= 11 is 0. The summed E-state index contributed by atoms with van der Waals surface area (Å²) < 4.78 is 28.4. The molecule has 0 aliphatic rings. The first-order valence-electron chi connectivity index (χ1n) is 6.55. The van der Waals surface area contributed by atoms with Crippen LogP contribution < -0.4 is 10.5 Å². The standard InChI is InChI=1S/C14H23NO3S/c1-4-19(16,17)9-5-8-18-14-10-11(2)6-7-13(14)12(3)15/h6-7,10,12H,4-5,8-9,15H2,1-3H3. The number of sulfone groups is 1. The zero-order valence-corrected chi connectivity index (χ0v) is 12.7. The third-order valence-electron chi connectivity index (χ3n) is 2.96. The highest BCUT2D eigenvalue weighted by Crippen LogP contribution is 2.25. The van der Waals surface area contributed by atoms with Gasteiger partial charge in [-0.05, 0) is 31.9 Å². The van der Waals surface area contributed by atoms with Crippen molar-refractivity contribution < 1.29 is 13.2 Å². The Kier molecular flexibility index (Phi) is 5.82. The molecule has 0 radical (unpaired) electrons. The van der Waals surface area contributed by atoms with Crippen LogP contribution in [0.3, 0.4) is 0 Å². The highest BCUT2D eigenvalue weighted by molar-refractivity contribution is 7.91. The van der Waals surface area contributed by atoms with Crippen molar-refractivity contribution in [3.63, 3.8) is 0 Å². The molecule has 108 valence electrons. The van der Waals surface area contributed by atoms with E-state index in [1.54, 1.807) is 6.92 Å². The van der Waals surface area contributed by atoms with Gasteiger partial charge in [0.2, 0.25) is 0 Å². The number of ether oxygens (including phenoxy) is 1. The van der Waals surface area contributed by atoms with Crippen LogP contribution in [-0.4, -0.2) is 26.5 Å². The predicted octanol–water partition coefficient (Wildman–Crippen LogP) is 2.22. The minimum atomic E-state index is -2.91. The third kappa shape index (κ3) is 5.20. The van der Waals surface area contributed by atoms with Gasteiger partial charge < -0.3 is 10.5 Å². The number of rotatable bonds is 7. The summed E-state index contributed by atoms with van der Waals surface area (Å²) in [5, 5.41) is 0. The first-order chi connectivity index (χ1) is 8.85. The Morgan fingerprint density at radius 1 is 1.37 bits per heavy atom. The Bertz CT molecular complexity index is 509. The second-order valence-electron chi connectivity index (χ2n) is 4.77. The van der Waals surface area contributed by atoms with Crippen molar-refractivity contribution in [1.29, 1.82) is 0 Å². The zero-order chi connectivity index (χ0) is 14.5. The van der Waals surface area contributed by atoms with Gasteiger partial charge in [-0.15, -0.1) is 0 Å². The number of aryl methyl sites for hydroxylation is 1. The number of nitrogens with two attached hydrogens (primary N) is 1. The van der Waals surface area contributed by atoms with Gasteiger partial charge in [-0.3, -0.25) is 0 Å². The molecule has 0 saturated carbocycles. The van der Waals surface area contributed by atoms with E-state index in [1.807, 2.05) is 32.0 Å². The molecule has 19 heavy (non-hydrogen) atoms. The summed E-state index contributed by atoms with van der Waals surface area (Å²) in [5.41, 5.74) is 7.93. The van der Waals surface area contributed by atoms with Gasteiger partial charge in [-0.25, -0.2) is 8.42 Å². The van der Waals surface area contributed by atoms with E-state index >= 15 is 0 Å². The minimum Gasteiger partial charge on any atom is -0.493 e. The van der Waals surface area contributed by atoms with Gasteiger partial charge in [0.15, 0.2) is 0 Å². The summed E-state index contributed by atoms with van der Waals surface area (Å²) in [6.07, 6.45) is 0.502. The molecule has 4 nitrogen and oxygen atoms in total. The monoisotopic (exact) mass is 285 g/mol. The molecule has 1 aromatic rings. The molecule has 0 fully saturated rings. The number of hydrogen-bond donors (Lipinski definition) is 1. The summed E-state index contributed by atoms with van der Waals surface area (Å²) in [5.74, 6) is 1.11. The fraction of sp³-hybridized carbons (Fsp3) is 0.571. The van der Waals surface area contributed by atoms with Crippen LogP contribution in [0.15, 0.2) is 18.2 Å². The van der Waals surface area contributed by atoms with Gasteiger partial charge >= 0.3 is 0 Å². The second-order valence-corrected chi connectivity index (χ2v) is 7.24. The molecule has 1 atom stereocenters. The van der Waals surface area contributed by atoms with E-state index in [4.69, 9.17) is 10.5 Å². The molecule has 0 spiro atoms. The Balaban J connectivity index is 2.60. The first-order valence-corrected chi connectivity index (χ1v) is 8.37. The SMILES string of the molecule is CCS(=O)(=O)CCCOc1cc(C)ccc1C(C)N. The van der Waals surface area contributed by atoms with Gasteiger partial charge in [-0.2, -0.15) is 0 Å². The van der Waals surface area contributed by atoms with Gasteiger partial charge in [0, 0.05) is 17.4 Å². The molecule has 1 aromatic carbocycles. The summed E-state index contributed by atoms with van der Waals surface area (Å²) in [6, 6.07) is 5.79. The minimum absolute atomic E-state index is 0.102. The van der Waals surface area contributed by atoms with Crippen LogP contribution in [0.2, 0.25) is 0 Å². The molecular formula is C14H23NO3S. The molecule has 0 heterocycles. The lowest BCUT2D eigenvalue weighted by Crippen LogP contribution is -2.13. The smallest absolute Gasteiger partial charge is 0.150 e. The molecule has 5 heteroatoms. The van der Waals surface area contributed by atoms with E-state index in [2.05, 4.69) is 0 Å². The molecule has 0 saturated heterocycles. The number of benzene rings is 1. The average molecular weight is 285 g/mol. The molecule has 0 amide bonds. The Morgan fingerprint density at radius 3 is 2.63 bits per heavy atom. The summed E-state index contributed by atoms with van der Waals surface area (Å²) in [7, 11) is -2.91. The van der Waals surface area contributed by atoms with Crippen molar-refractivity contribution in [3.05, 3.63) is 29.3 Å². The van der Waals surface area contributed by atoms with Crippen LogP contribution in [0, 0.1) is 6.92 Å². The lowest BCUT2D eigenvalue weighted by molar-refractivity contribution is 0.313. The Hall–Kier alpha value is -1.07. The zero-order valence-electron chi connectivity index (χ0n) is 11.8. The maximum Gasteiger partial charge on any atom is 0.150 e. The van der Waals surface area contributed by atoms with Crippen LogP contribution in [0.25, 0.3) is 0 Å². The van der Waals surface area contributed by atoms with Crippen molar-refractivity contribution in [3.8, 4) is 5.75 Å². The largest absolute Gasteiger partial charge is 0.493 e. The molecule has 0 aliphatic heterocycles. The highest BCUT2D eigenvalue weighted by atomic mass is 32.2. The Labute approximate surface area is 115 Å². The van der Waals surface area contributed by atoms with E-state index in [1.165, 1.54) is 0 Å². The molecule has 0 bridgehead atoms. The van der Waals surface area contributed by atoms with Gasteiger partial charge in [0.25, 0.3) is 0 Å². The van der Waals surface area contributed by atoms with Crippen LogP contribution in [0.4, 0.5) is 0 Å².